The SMILES string of the molecule is Cl.c1cc(-c2[nH]ncc2CN2CCC3CCC(C2)N3)cs1. The molecule has 2 bridgehead atoms. The fraction of sp³-hybridized carbons (Fsp3) is 0.533. The molecule has 4 heterocycles. The molecular weight excluding hydrogens is 304 g/mol. The molecule has 6 heteroatoms. The Hall–Kier alpha value is -0.880. The molecule has 2 aliphatic rings. The molecule has 2 unspecified atom stereocenters. The number of thiophene rings is 1. The number of aromatic nitrogens is 2. The molecule has 0 saturated carbocycles. The zero-order chi connectivity index (χ0) is 13.4. The lowest BCUT2D eigenvalue weighted by Gasteiger charge is -2.23. The fourth-order valence-electron chi connectivity index (χ4n) is 3.49. The molecule has 0 aromatic carbocycles. The van der Waals surface area contributed by atoms with Gasteiger partial charge >= 0.3 is 0 Å². The van der Waals surface area contributed by atoms with E-state index in [0.717, 1.165) is 12.6 Å². The Morgan fingerprint density at radius 2 is 2.19 bits per heavy atom. The number of aromatic amines is 1. The van der Waals surface area contributed by atoms with E-state index in [1.807, 2.05) is 6.20 Å². The standard InChI is InChI=1S/C15H20N4S.ClH/c1-2-14-9-19(5-3-13(1)17-14)8-12-7-16-18-15(12)11-4-6-20-10-11;/h4,6-7,10,13-14,17H,1-3,5,8-9H2,(H,16,18);1H. The summed E-state index contributed by atoms with van der Waals surface area (Å²) in [6, 6.07) is 3.61. The molecule has 2 atom stereocenters. The van der Waals surface area contributed by atoms with Crippen molar-refractivity contribution in [2.24, 2.45) is 0 Å². The molecule has 0 radical (unpaired) electrons. The maximum Gasteiger partial charge on any atom is 0.0703 e. The van der Waals surface area contributed by atoms with Gasteiger partial charge in [0.2, 0.25) is 0 Å². The van der Waals surface area contributed by atoms with E-state index >= 15 is 0 Å². The highest BCUT2D eigenvalue weighted by Crippen LogP contribution is 2.26. The van der Waals surface area contributed by atoms with Gasteiger partial charge in [-0.15, -0.1) is 12.4 Å². The van der Waals surface area contributed by atoms with Gasteiger partial charge in [-0.3, -0.25) is 10.00 Å². The summed E-state index contributed by atoms with van der Waals surface area (Å²) in [7, 11) is 0. The van der Waals surface area contributed by atoms with Gasteiger partial charge in [-0.25, -0.2) is 0 Å². The highest BCUT2D eigenvalue weighted by Gasteiger charge is 2.29. The Labute approximate surface area is 135 Å². The predicted molar refractivity (Wildman–Crippen MR) is 89.0 cm³/mol. The lowest BCUT2D eigenvalue weighted by atomic mass is 10.1. The third-order valence-electron chi connectivity index (χ3n) is 4.53. The molecule has 4 rings (SSSR count). The predicted octanol–water partition coefficient (Wildman–Crippen LogP) is 2.89. The molecule has 114 valence electrons. The first-order valence-electron chi connectivity index (χ1n) is 7.42. The first-order valence-corrected chi connectivity index (χ1v) is 8.36. The summed E-state index contributed by atoms with van der Waals surface area (Å²) < 4.78 is 0. The van der Waals surface area contributed by atoms with Crippen molar-refractivity contribution in [2.45, 2.75) is 37.9 Å². The number of hydrogen-bond acceptors (Lipinski definition) is 4. The quantitative estimate of drug-likeness (QED) is 0.912. The van der Waals surface area contributed by atoms with Crippen molar-refractivity contribution in [1.82, 2.24) is 20.4 Å². The smallest absolute Gasteiger partial charge is 0.0703 e. The van der Waals surface area contributed by atoms with Gasteiger partial charge in [0.25, 0.3) is 0 Å². The van der Waals surface area contributed by atoms with E-state index in [4.69, 9.17) is 0 Å². The van der Waals surface area contributed by atoms with E-state index in [1.54, 1.807) is 11.3 Å². The zero-order valence-corrected chi connectivity index (χ0v) is 13.6. The highest BCUT2D eigenvalue weighted by atomic mass is 35.5. The Bertz CT molecular complexity index is 568. The van der Waals surface area contributed by atoms with Gasteiger partial charge in [0.15, 0.2) is 0 Å². The summed E-state index contributed by atoms with van der Waals surface area (Å²) in [6.07, 6.45) is 5.97. The summed E-state index contributed by atoms with van der Waals surface area (Å²) in [4.78, 5) is 2.58. The van der Waals surface area contributed by atoms with Crippen LogP contribution in [0.1, 0.15) is 24.8 Å². The number of fused-ring (bicyclic) bond motifs is 2. The van der Waals surface area contributed by atoms with Gasteiger partial charge in [0.05, 0.1) is 11.9 Å². The normalized spacial score (nSPS) is 25.5. The number of hydrogen-bond donors (Lipinski definition) is 2. The van der Waals surface area contributed by atoms with Gasteiger partial charge in [-0.1, -0.05) is 0 Å². The van der Waals surface area contributed by atoms with E-state index in [0.29, 0.717) is 6.04 Å². The molecule has 2 saturated heterocycles. The summed E-state index contributed by atoms with van der Waals surface area (Å²) in [5, 5.41) is 15.5. The molecule has 4 nitrogen and oxygen atoms in total. The van der Waals surface area contributed by atoms with E-state index in [-0.39, 0.29) is 12.4 Å². The molecule has 0 aliphatic carbocycles. The Balaban J connectivity index is 0.00000132. The summed E-state index contributed by atoms with van der Waals surface area (Å²) >= 11 is 1.73. The third kappa shape index (κ3) is 3.16. The minimum atomic E-state index is 0. The number of likely N-dealkylation sites (tertiary alicyclic amines) is 1. The van der Waals surface area contributed by atoms with Crippen molar-refractivity contribution in [3.8, 4) is 11.3 Å². The first-order chi connectivity index (χ1) is 9.88. The highest BCUT2D eigenvalue weighted by molar-refractivity contribution is 7.08. The van der Waals surface area contributed by atoms with Crippen LogP contribution in [0.3, 0.4) is 0 Å². The van der Waals surface area contributed by atoms with Gasteiger partial charge in [0, 0.05) is 48.2 Å². The molecule has 2 aromatic rings. The zero-order valence-electron chi connectivity index (χ0n) is 11.9. The van der Waals surface area contributed by atoms with Crippen LogP contribution in [-0.4, -0.2) is 40.3 Å². The number of nitrogens with one attached hydrogen (secondary N) is 2. The van der Waals surface area contributed by atoms with Crippen molar-refractivity contribution < 1.29 is 0 Å². The molecule has 21 heavy (non-hydrogen) atoms. The van der Waals surface area contributed by atoms with Gasteiger partial charge in [-0.05, 0) is 30.7 Å². The van der Waals surface area contributed by atoms with Gasteiger partial charge in [-0.2, -0.15) is 16.4 Å². The van der Waals surface area contributed by atoms with E-state index in [9.17, 15) is 0 Å². The van der Waals surface area contributed by atoms with Crippen molar-refractivity contribution >= 4 is 23.7 Å². The van der Waals surface area contributed by atoms with Crippen LogP contribution in [0.2, 0.25) is 0 Å². The average Bonchev–Trinajstić information content (AvgIpc) is 3.13. The van der Waals surface area contributed by atoms with Crippen LogP contribution >= 0.6 is 23.7 Å². The van der Waals surface area contributed by atoms with E-state index in [1.165, 1.54) is 49.2 Å². The molecule has 0 spiro atoms. The molecule has 2 aliphatic heterocycles. The lowest BCUT2D eigenvalue weighted by Crippen LogP contribution is -2.34. The lowest BCUT2D eigenvalue weighted by molar-refractivity contribution is 0.251. The second kappa shape index (κ2) is 6.48. The maximum atomic E-state index is 4.25. The van der Waals surface area contributed by atoms with Gasteiger partial charge < -0.3 is 5.32 Å². The maximum absolute atomic E-state index is 4.25. The molecular formula is C15H21ClN4S. The summed E-state index contributed by atoms with van der Waals surface area (Å²) in [5.74, 6) is 0. The number of H-pyrrole nitrogens is 1. The monoisotopic (exact) mass is 324 g/mol. The molecule has 0 amide bonds. The summed E-state index contributed by atoms with van der Waals surface area (Å²) in [5.41, 5.74) is 3.77. The minimum absolute atomic E-state index is 0. The number of nitrogens with zero attached hydrogens (tertiary/aromatic N) is 2. The van der Waals surface area contributed by atoms with E-state index < -0.39 is 0 Å². The van der Waals surface area contributed by atoms with Crippen LogP contribution < -0.4 is 5.32 Å². The minimum Gasteiger partial charge on any atom is -0.310 e. The second-order valence-electron chi connectivity index (χ2n) is 5.94. The van der Waals surface area contributed by atoms with Crippen LogP contribution in [0.25, 0.3) is 11.3 Å². The van der Waals surface area contributed by atoms with E-state index in [2.05, 4.69) is 37.2 Å². The second-order valence-corrected chi connectivity index (χ2v) is 6.72. The number of rotatable bonds is 3. The van der Waals surface area contributed by atoms with Gasteiger partial charge in [0.1, 0.15) is 0 Å². The number of halogens is 1. The molecule has 2 fully saturated rings. The van der Waals surface area contributed by atoms with Crippen LogP contribution in [0, 0.1) is 0 Å². The van der Waals surface area contributed by atoms with Crippen molar-refractivity contribution in [3.63, 3.8) is 0 Å². The van der Waals surface area contributed by atoms with Crippen LogP contribution in [-0.2, 0) is 6.54 Å². The van der Waals surface area contributed by atoms with Crippen LogP contribution in [0.15, 0.2) is 23.0 Å². The van der Waals surface area contributed by atoms with Crippen molar-refractivity contribution in [1.29, 1.82) is 0 Å². The van der Waals surface area contributed by atoms with Crippen molar-refractivity contribution in [3.05, 3.63) is 28.6 Å². The van der Waals surface area contributed by atoms with Crippen LogP contribution in [0.4, 0.5) is 0 Å². The molecule has 2 aromatic heterocycles. The third-order valence-corrected chi connectivity index (χ3v) is 5.21. The first kappa shape index (κ1) is 15.0. The van der Waals surface area contributed by atoms with Crippen LogP contribution in [0.5, 0.6) is 0 Å². The topological polar surface area (TPSA) is 44.0 Å². The molecule has 2 N–H and O–H groups in total. The Kier molecular flexibility index (Phi) is 4.64. The Morgan fingerprint density at radius 1 is 1.29 bits per heavy atom. The summed E-state index contributed by atoms with van der Waals surface area (Å²) in [6.45, 7) is 3.37. The Morgan fingerprint density at radius 3 is 3.05 bits per heavy atom. The van der Waals surface area contributed by atoms with Crippen molar-refractivity contribution in [2.75, 3.05) is 13.1 Å². The average molecular weight is 325 g/mol. The largest absolute Gasteiger partial charge is 0.310 e. The fourth-order valence-corrected chi connectivity index (χ4v) is 4.13.